The van der Waals surface area contributed by atoms with Gasteiger partial charge in [0.25, 0.3) is 0 Å². The number of ether oxygens (including phenoxy) is 1. The molecule has 0 spiro atoms. The molecular formula is C20H24N4O3S2. The lowest BCUT2D eigenvalue weighted by molar-refractivity contribution is -0.136. The van der Waals surface area contributed by atoms with Gasteiger partial charge in [-0.2, -0.15) is 0 Å². The number of carbonyl (C=O) groups excluding carboxylic acids is 2. The molecule has 4 heterocycles. The second kappa shape index (κ2) is 8.33. The summed E-state index contributed by atoms with van der Waals surface area (Å²) in [5, 5.41) is 4.78. The van der Waals surface area contributed by atoms with Gasteiger partial charge in [0.05, 0.1) is 24.8 Å². The molecule has 0 N–H and O–H groups in total. The SMILES string of the molecule is COC(=O)C1=C(C)N=C2SC=C(CC(=O)N3CCN(C)CC3)N2C1c1cccs1. The third kappa shape index (κ3) is 3.86. The summed E-state index contributed by atoms with van der Waals surface area (Å²) < 4.78 is 5.06. The van der Waals surface area contributed by atoms with Crippen LogP contribution in [-0.4, -0.2) is 72.1 Å². The molecule has 1 unspecified atom stereocenters. The van der Waals surface area contributed by atoms with Crippen LogP contribution in [0.3, 0.4) is 0 Å². The number of aliphatic imine (C=N–C) groups is 1. The van der Waals surface area contributed by atoms with Crippen molar-refractivity contribution in [2.45, 2.75) is 19.4 Å². The molecule has 7 nitrogen and oxygen atoms in total. The van der Waals surface area contributed by atoms with E-state index in [1.54, 1.807) is 11.3 Å². The van der Waals surface area contributed by atoms with Crippen LogP contribution >= 0.6 is 23.1 Å². The second-order valence-corrected chi connectivity index (χ2v) is 9.08. The van der Waals surface area contributed by atoms with Gasteiger partial charge >= 0.3 is 5.97 Å². The first kappa shape index (κ1) is 20.2. The fourth-order valence-electron chi connectivity index (χ4n) is 3.78. The summed E-state index contributed by atoms with van der Waals surface area (Å²) in [5.41, 5.74) is 2.07. The maximum atomic E-state index is 13.0. The monoisotopic (exact) mass is 432 g/mol. The zero-order chi connectivity index (χ0) is 20.5. The Morgan fingerprint density at radius 2 is 2.03 bits per heavy atom. The first-order valence-corrected chi connectivity index (χ1v) is 11.3. The minimum absolute atomic E-state index is 0.113. The summed E-state index contributed by atoms with van der Waals surface area (Å²) in [4.78, 5) is 37.4. The minimum atomic E-state index is -0.384. The van der Waals surface area contributed by atoms with E-state index >= 15 is 0 Å². The molecule has 154 valence electrons. The number of thiophene rings is 1. The number of rotatable bonds is 4. The number of hydrogen-bond acceptors (Lipinski definition) is 8. The number of esters is 1. The molecule has 0 aromatic carbocycles. The number of amidine groups is 1. The van der Waals surface area contributed by atoms with Gasteiger partial charge < -0.3 is 19.4 Å². The highest BCUT2D eigenvalue weighted by Gasteiger charge is 2.41. The fourth-order valence-corrected chi connectivity index (χ4v) is 5.57. The molecule has 1 aromatic rings. The Hall–Kier alpha value is -2.10. The Morgan fingerprint density at radius 3 is 2.69 bits per heavy atom. The lowest BCUT2D eigenvalue weighted by Crippen LogP contribution is -2.47. The number of allylic oxidation sites excluding steroid dienone is 1. The van der Waals surface area contributed by atoms with E-state index in [1.807, 2.05) is 39.6 Å². The number of likely N-dealkylation sites (N-methyl/N-ethyl adjacent to an activating group) is 1. The van der Waals surface area contributed by atoms with Gasteiger partial charge in [0.15, 0.2) is 5.17 Å². The summed E-state index contributed by atoms with van der Waals surface area (Å²) in [7, 11) is 3.46. The van der Waals surface area contributed by atoms with Crippen molar-refractivity contribution in [2.75, 3.05) is 40.3 Å². The molecule has 0 aliphatic carbocycles. The fraction of sp³-hybridized carbons (Fsp3) is 0.450. The quantitative estimate of drug-likeness (QED) is 0.682. The van der Waals surface area contributed by atoms with E-state index in [0.29, 0.717) is 17.7 Å². The molecule has 1 saturated heterocycles. The molecular weight excluding hydrogens is 408 g/mol. The van der Waals surface area contributed by atoms with E-state index in [0.717, 1.165) is 41.9 Å². The maximum Gasteiger partial charge on any atom is 0.338 e. The van der Waals surface area contributed by atoms with Crippen LogP contribution in [0.25, 0.3) is 0 Å². The summed E-state index contributed by atoms with van der Waals surface area (Å²) in [6, 6.07) is 3.66. The number of fused-ring (bicyclic) bond motifs is 1. The van der Waals surface area contributed by atoms with Gasteiger partial charge in [0, 0.05) is 36.8 Å². The van der Waals surface area contributed by atoms with E-state index in [1.165, 1.54) is 18.9 Å². The largest absolute Gasteiger partial charge is 0.466 e. The summed E-state index contributed by atoms with van der Waals surface area (Å²) in [5.74, 6) is -0.271. The van der Waals surface area contributed by atoms with Crippen LogP contribution in [0.4, 0.5) is 0 Å². The number of hydrogen-bond donors (Lipinski definition) is 0. The summed E-state index contributed by atoms with van der Waals surface area (Å²) >= 11 is 3.09. The highest BCUT2D eigenvalue weighted by molar-refractivity contribution is 8.16. The standard InChI is InChI=1S/C20H24N4O3S2/c1-13-17(19(26)27-3)18(15-5-4-10-28-15)24-14(12-29-20(24)21-13)11-16(25)23-8-6-22(2)7-9-23/h4-5,10,12,18H,6-9,11H2,1-3H3. The lowest BCUT2D eigenvalue weighted by Gasteiger charge is -2.36. The van der Waals surface area contributed by atoms with Gasteiger partial charge in [-0.15, -0.1) is 11.3 Å². The third-order valence-electron chi connectivity index (χ3n) is 5.41. The predicted octanol–water partition coefficient (Wildman–Crippen LogP) is 2.66. The van der Waals surface area contributed by atoms with Gasteiger partial charge in [-0.25, -0.2) is 9.79 Å². The van der Waals surface area contributed by atoms with Crippen molar-refractivity contribution in [2.24, 2.45) is 4.99 Å². The number of methoxy groups -OCH3 is 1. The maximum absolute atomic E-state index is 13.0. The summed E-state index contributed by atoms with van der Waals surface area (Å²) in [6.45, 7) is 5.12. The normalized spacial score (nSPS) is 22.4. The lowest BCUT2D eigenvalue weighted by atomic mass is 9.99. The molecule has 1 amide bonds. The third-order valence-corrected chi connectivity index (χ3v) is 7.22. The number of amides is 1. The molecule has 1 fully saturated rings. The van der Waals surface area contributed by atoms with Crippen molar-refractivity contribution in [3.8, 4) is 0 Å². The Labute approximate surface area is 178 Å². The van der Waals surface area contributed by atoms with Crippen LogP contribution in [0.2, 0.25) is 0 Å². The second-order valence-electron chi connectivity index (χ2n) is 7.26. The zero-order valence-electron chi connectivity index (χ0n) is 16.8. The first-order valence-electron chi connectivity index (χ1n) is 9.52. The molecule has 3 aliphatic rings. The van der Waals surface area contributed by atoms with Gasteiger partial charge in [-0.1, -0.05) is 17.8 Å². The van der Waals surface area contributed by atoms with Gasteiger partial charge in [0.1, 0.15) is 6.04 Å². The molecule has 29 heavy (non-hydrogen) atoms. The van der Waals surface area contributed by atoms with Gasteiger partial charge in [-0.05, 0) is 30.8 Å². The van der Waals surface area contributed by atoms with Crippen molar-refractivity contribution in [3.63, 3.8) is 0 Å². The van der Waals surface area contributed by atoms with Crippen molar-refractivity contribution in [3.05, 3.63) is 44.8 Å². The van der Waals surface area contributed by atoms with Gasteiger partial charge in [-0.3, -0.25) is 4.79 Å². The van der Waals surface area contributed by atoms with Crippen LogP contribution < -0.4 is 0 Å². The average molecular weight is 433 g/mol. The molecule has 0 saturated carbocycles. The van der Waals surface area contributed by atoms with Crippen molar-refractivity contribution >= 4 is 40.1 Å². The Balaban J connectivity index is 1.62. The molecule has 1 aromatic heterocycles. The van der Waals surface area contributed by atoms with Crippen molar-refractivity contribution in [1.29, 1.82) is 0 Å². The zero-order valence-corrected chi connectivity index (χ0v) is 18.4. The van der Waals surface area contributed by atoms with Gasteiger partial charge in [0.2, 0.25) is 5.91 Å². The predicted molar refractivity (Wildman–Crippen MR) is 115 cm³/mol. The molecule has 1 atom stereocenters. The Kier molecular flexibility index (Phi) is 5.80. The minimum Gasteiger partial charge on any atom is -0.466 e. The van der Waals surface area contributed by atoms with Crippen LogP contribution in [0.5, 0.6) is 0 Å². The highest BCUT2D eigenvalue weighted by atomic mass is 32.2. The van der Waals surface area contributed by atoms with E-state index in [4.69, 9.17) is 4.74 Å². The molecule has 3 aliphatic heterocycles. The van der Waals surface area contributed by atoms with E-state index < -0.39 is 0 Å². The average Bonchev–Trinajstić information content (AvgIpc) is 3.37. The van der Waals surface area contributed by atoms with Crippen molar-refractivity contribution in [1.82, 2.24) is 14.7 Å². The van der Waals surface area contributed by atoms with Crippen LogP contribution in [0, 0.1) is 0 Å². The van der Waals surface area contributed by atoms with Crippen LogP contribution in [0.1, 0.15) is 24.3 Å². The Morgan fingerprint density at radius 1 is 1.28 bits per heavy atom. The highest BCUT2D eigenvalue weighted by Crippen LogP contribution is 2.45. The smallest absolute Gasteiger partial charge is 0.338 e. The first-order chi connectivity index (χ1) is 14.0. The van der Waals surface area contributed by atoms with E-state index in [9.17, 15) is 9.59 Å². The molecule has 0 radical (unpaired) electrons. The number of piperazine rings is 1. The molecule has 4 rings (SSSR count). The molecule has 0 bridgehead atoms. The number of carbonyl (C=O) groups is 2. The number of thioether (sulfide) groups is 1. The topological polar surface area (TPSA) is 65.5 Å². The van der Waals surface area contributed by atoms with E-state index in [2.05, 4.69) is 16.9 Å². The number of nitrogens with zero attached hydrogens (tertiary/aromatic N) is 4. The Bertz CT molecular complexity index is 899. The summed E-state index contributed by atoms with van der Waals surface area (Å²) in [6.07, 6.45) is 0.297. The van der Waals surface area contributed by atoms with Crippen LogP contribution in [-0.2, 0) is 14.3 Å². The molecule has 9 heteroatoms. The van der Waals surface area contributed by atoms with Crippen LogP contribution in [0.15, 0.2) is 44.9 Å². The van der Waals surface area contributed by atoms with Crippen molar-refractivity contribution < 1.29 is 14.3 Å². The van der Waals surface area contributed by atoms with E-state index in [-0.39, 0.29) is 17.9 Å².